The fraction of sp³-hybridized carbons (Fsp3) is 0.137. The minimum atomic E-state index is -2.26. The highest BCUT2D eigenvalue weighted by molar-refractivity contribution is 6.13. The van der Waals surface area contributed by atoms with E-state index in [1.807, 2.05) is 109 Å². The van der Waals surface area contributed by atoms with E-state index in [4.69, 9.17) is 25.9 Å². The smallest absolute Gasteiger partial charge is 0.227 e. The summed E-state index contributed by atoms with van der Waals surface area (Å²) in [5.41, 5.74) is 31.8. The average molecular weight is 1500 g/mol. The third kappa shape index (κ3) is 13.5. The van der Waals surface area contributed by atoms with Crippen molar-refractivity contribution in [2.45, 2.75) is 69.1 Å². The zero-order valence-corrected chi connectivity index (χ0v) is 65.8. The van der Waals surface area contributed by atoms with Crippen molar-refractivity contribution < 1.29 is 44.2 Å². The molecule has 0 spiro atoms. The number of hydrogen-bond acceptors (Lipinski definition) is 8. The molecule has 20 rings (SSSR count). The Labute approximate surface area is 671 Å². The molecule has 12 heterocycles. The molecule has 12 heteroatoms. The molecule has 0 atom stereocenters. The highest BCUT2D eigenvalue weighted by Gasteiger charge is 2.29. The molecule has 114 heavy (non-hydrogen) atoms. The summed E-state index contributed by atoms with van der Waals surface area (Å²) in [5, 5.41) is 6.99. The summed E-state index contributed by atoms with van der Waals surface area (Å²) >= 11 is 0. The lowest BCUT2D eigenvalue weighted by Crippen LogP contribution is -2.31. The van der Waals surface area contributed by atoms with Gasteiger partial charge in [0, 0.05) is 122 Å². The second-order valence-electron chi connectivity index (χ2n) is 29.7. The summed E-state index contributed by atoms with van der Waals surface area (Å²) in [6.07, 6.45) is 11.9. The minimum absolute atomic E-state index is 0.291. The molecule has 0 saturated heterocycles. The number of rotatable bonds is 8. The van der Waals surface area contributed by atoms with Crippen LogP contribution in [0, 0.1) is 69.1 Å². The van der Waals surface area contributed by atoms with E-state index in [0.717, 1.165) is 133 Å². The Morgan fingerprint density at radius 2 is 0.614 bits per heavy atom. The molecule has 0 amide bonds. The summed E-state index contributed by atoms with van der Waals surface area (Å²) in [6.45, 7) is 11.9. The van der Waals surface area contributed by atoms with Crippen molar-refractivity contribution in [3.63, 3.8) is 0 Å². The number of fused-ring (bicyclic) bond motifs is 12. The third-order valence-corrected chi connectivity index (χ3v) is 21.8. The second kappa shape index (κ2) is 30.1. The maximum absolute atomic E-state index is 8.11. The van der Waals surface area contributed by atoms with Crippen molar-refractivity contribution in [2.75, 3.05) is 0 Å². The van der Waals surface area contributed by atoms with Crippen LogP contribution in [-0.4, -0.2) is 19.9 Å². The van der Waals surface area contributed by atoms with Crippen LogP contribution in [0.15, 0.2) is 298 Å². The van der Waals surface area contributed by atoms with E-state index in [-0.39, 0.29) is 0 Å². The summed E-state index contributed by atoms with van der Waals surface area (Å²) in [6, 6.07) is 82.1. The van der Waals surface area contributed by atoms with Gasteiger partial charge in [-0.05, 0) is 197 Å². The number of aryl methyl sites for hydroxylation is 14. The predicted molar refractivity (Wildman–Crippen MR) is 462 cm³/mol. The standard InChI is InChI=1S/2C26H23N2O.2C25H21N2O/c1-16-14-22(28(4)15-21(16)19-9-6-5-7-10-19)24-18(3)13-17(2)23-20-11-8-12-27-26(20)29-25(23)24;1-16-10-12-20-21-13-11-18(3)27-26(21)29-25(20)24(16)23-14-17(2)22(15-28(23)4)19-8-6-5-7-9-19;1-16-14-17(2)23(24-22(16)20-10-7-13-26-25(20)28-24)21-12-11-19(15-27(21)3)18-8-5-4-6-9-18;1-16-9-12-20-21-13-10-17(2)26-25(21)28-24(20)23(16)22-14-11-19(15-27(22)3)18-7-5-4-6-8-18/h2*5-15H,1-4H3;2*4-15H,1-3H3/q4*+1/i2D3;;1D3;. The Bertz CT molecular complexity index is 7400. The fourth-order valence-electron chi connectivity index (χ4n) is 16.1. The molecule has 20 aromatic rings. The first-order valence-corrected chi connectivity index (χ1v) is 38.2. The van der Waals surface area contributed by atoms with Gasteiger partial charge in [0.1, 0.15) is 28.2 Å². The first-order valence-electron chi connectivity index (χ1n) is 41.2. The molecule has 556 valence electrons. The number of pyridine rings is 8. The molecule has 0 fully saturated rings. The number of benzene rings is 8. The molecule has 0 aliphatic rings. The van der Waals surface area contributed by atoms with Gasteiger partial charge in [0.15, 0.2) is 47.1 Å². The van der Waals surface area contributed by atoms with E-state index in [1.165, 1.54) is 38.9 Å². The number of furan rings is 4. The van der Waals surface area contributed by atoms with Gasteiger partial charge in [-0.3, -0.25) is 0 Å². The maximum atomic E-state index is 8.11. The van der Waals surface area contributed by atoms with E-state index >= 15 is 0 Å². The van der Waals surface area contributed by atoms with Gasteiger partial charge in [-0.1, -0.05) is 158 Å². The van der Waals surface area contributed by atoms with Gasteiger partial charge in [-0.2, -0.15) is 0 Å². The van der Waals surface area contributed by atoms with Crippen LogP contribution in [0.3, 0.4) is 0 Å². The lowest BCUT2D eigenvalue weighted by molar-refractivity contribution is -0.660. The first-order chi connectivity index (χ1) is 57.7. The van der Waals surface area contributed by atoms with Crippen LogP contribution in [0.2, 0.25) is 0 Å². The van der Waals surface area contributed by atoms with Gasteiger partial charge in [0.2, 0.25) is 45.6 Å². The first kappa shape index (κ1) is 66.0. The van der Waals surface area contributed by atoms with Gasteiger partial charge in [0.25, 0.3) is 0 Å². The van der Waals surface area contributed by atoms with Crippen LogP contribution in [0.25, 0.3) is 178 Å². The van der Waals surface area contributed by atoms with Gasteiger partial charge in [-0.25, -0.2) is 38.2 Å². The molecule has 12 nitrogen and oxygen atoms in total. The van der Waals surface area contributed by atoms with E-state index in [9.17, 15) is 0 Å². The summed E-state index contributed by atoms with van der Waals surface area (Å²) in [5.74, 6) is 0. The zero-order chi connectivity index (χ0) is 83.7. The van der Waals surface area contributed by atoms with Crippen molar-refractivity contribution in [3.05, 3.63) is 336 Å². The summed E-state index contributed by atoms with van der Waals surface area (Å²) in [7, 11) is 8.19. The number of hydrogen-bond donors (Lipinski definition) is 0. The third-order valence-electron chi connectivity index (χ3n) is 21.8. The predicted octanol–water partition coefficient (Wildman–Crippen LogP) is 23.6. The number of nitrogens with zero attached hydrogens (tertiary/aromatic N) is 8. The fourth-order valence-corrected chi connectivity index (χ4v) is 16.1. The molecular weight excluding hydrogens is 1400 g/mol. The molecule has 0 bridgehead atoms. The largest absolute Gasteiger partial charge is 0.437 e. The summed E-state index contributed by atoms with van der Waals surface area (Å²) in [4.78, 5) is 17.8. The molecular formula is C102H88N8O4+4. The average Bonchev–Trinajstić information content (AvgIpc) is 1.57. The van der Waals surface area contributed by atoms with Gasteiger partial charge >= 0.3 is 0 Å². The Hall–Kier alpha value is -13.8. The van der Waals surface area contributed by atoms with Crippen molar-refractivity contribution in [1.29, 1.82) is 0 Å². The van der Waals surface area contributed by atoms with Crippen LogP contribution in [0.4, 0.5) is 0 Å². The Kier molecular flexibility index (Phi) is 17.4. The van der Waals surface area contributed by atoms with Crippen molar-refractivity contribution in [1.82, 2.24) is 19.9 Å². The lowest BCUT2D eigenvalue weighted by atomic mass is 9.95. The van der Waals surface area contributed by atoms with E-state index in [2.05, 4.69) is 256 Å². The molecule has 0 aliphatic heterocycles. The number of aromatic nitrogens is 8. The maximum Gasteiger partial charge on any atom is 0.227 e. The van der Waals surface area contributed by atoms with Crippen molar-refractivity contribution >= 4 is 88.3 Å². The lowest BCUT2D eigenvalue weighted by Gasteiger charge is -2.11. The molecule has 0 aliphatic carbocycles. The molecule has 12 aromatic heterocycles. The molecule has 0 unspecified atom stereocenters. The molecule has 8 aromatic carbocycles. The SMILES string of the molecule is Cc1ccc2c(n1)oc1c(-c3cc(C)c(-c4ccccc4)c[n+]3C)c(C)ccc12.Cc1ccc2c(n1)oc1c(-c3ccc(-c4ccccc4)c[n+]3C)c(C)ccc12.[2H]C([2H])([2H])c1cc(C)c(-c2cc(C)c(-c3ccccc3)c[n+]2C)c2oc3ncccc3c12.[2H]C([2H])([2H])c1cc(C)c(-c2ccc(-c3ccccc3)c[n+]2C)c2oc3ncccc3c12. The monoisotopic (exact) mass is 1490 g/mol. The van der Waals surface area contributed by atoms with Crippen molar-refractivity contribution in [2.24, 2.45) is 28.2 Å². The highest BCUT2D eigenvalue weighted by atomic mass is 16.4. The Morgan fingerprint density at radius 3 is 1.01 bits per heavy atom. The van der Waals surface area contributed by atoms with Crippen LogP contribution >= 0.6 is 0 Å². The topological polar surface area (TPSA) is 120 Å². The second-order valence-corrected chi connectivity index (χ2v) is 29.7. The van der Waals surface area contributed by atoms with Crippen LogP contribution in [0.1, 0.15) is 64.1 Å². The van der Waals surface area contributed by atoms with E-state index in [0.29, 0.717) is 61.3 Å². The quantitative estimate of drug-likeness (QED) is 0.138. The van der Waals surface area contributed by atoms with E-state index < -0.39 is 13.7 Å². The molecule has 0 saturated carbocycles. The molecule has 0 N–H and O–H groups in total. The Balaban J connectivity index is 0.000000114. The molecule has 0 radical (unpaired) electrons. The highest BCUT2D eigenvalue weighted by Crippen LogP contribution is 2.44. The van der Waals surface area contributed by atoms with Crippen LogP contribution < -0.4 is 18.3 Å². The normalized spacial score (nSPS) is 12.4. The van der Waals surface area contributed by atoms with Gasteiger partial charge in [-0.15, -0.1) is 0 Å². The van der Waals surface area contributed by atoms with Gasteiger partial charge < -0.3 is 17.7 Å². The van der Waals surface area contributed by atoms with E-state index in [1.54, 1.807) is 36.7 Å². The van der Waals surface area contributed by atoms with Crippen LogP contribution in [-0.2, 0) is 28.2 Å². The zero-order valence-electron chi connectivity index (χ0n) is 71.8. The van der Waals surface area contributed by atoms with Gasteiger partial charge in [0.05, 0.1) is 22.3 Å². The Morgan fingerprint density at radius 1 is 0.263 bits per heavy atom. The summed E-state index contributed by atoms with van der Waals surface area (Å²) < 4.78 is 81.9. The van der Waals surface area contributed by atoms with Crippen LogP contribution in [0.5, 0.6) is 0 Å². The minimum Gasteiger partial charge on any atom is -0.437 e. The van der Waals surface area contributed by atoms with Crippen molar-refractivity contribution in [3.8, 4) is 89.5 Å².